The third kappa shape index (κ3) is 4.47. The molecule has 1 heterocycles. The largest absolute Gasteiger partial charge is 0.493 e. The first-order chi connectivity index (χ1) is 13.5. The molecule has 1 unspecified atom stereocenters. The number of nitrogens with one attached hydrogen (secondary N) is 2. The second kappa shape index (κ2) is 9.11. The lowest BCUT2D eigenvalue weighted by Gasteiger charge is -2.34. The van der Waals surface area contributed by atoms with Crippen molar-refractivity contribution in [1.82, 2.24) is 5.32 Å². The fraction of sp³-hybridized carbons (Fsp3) is 0.435. The molecule has 0 saturated carbocycles. The summed E-state index contributed by atoms with van der Waals surface area (Å²) in [6.07, 6.45) is 0.909. The van der Waals surface area contributed by atoms with Gasteiger partial charge in [-0.15, -0.1) is 0 Å². The minimum absolute atomic E-state index is 0.0922. The van der Waals surface area contributed by atoms with E-state index in [1.165, 1.54) is 21.6 Å². The predicted molar refractivity (Wildman–Crippen MR) is 110 cm³/mol. The molecule has 5 nitrogen and oxygen atoms in total. The highest BCUT2D eigenvalue weighted by Crippen LogP contribution is 2.35. The fourth-order valence-corrected chi connectivity index (χ4v) is 3.92. The monoisotopic (exact) mass is 383 g/mol. The average Bonchev–Trinajstić information content (AvgIpc) is 2.71. The van der Waals surface area contributed by atoms with E-state index in [4.69, 9.17) is 9.47 Å². The van der Waals surface area contributed by atoms with E-state index in [0.717, 1.165) is 24.5 Å². The molecule has 0 aliphatic carbocycles. The SMILES string of the molecule is COc1cc2c(cc1OC)[C@H](c1ccccc1)[NH+](CC(=O)NCC(C)C)CC2. The summed E-state index contributed by atoms with van der Waals surface area (Å²) in [5, 5.41) is 3.06. The van der Waals surface area contributed by atoms with Crippen LogP contribution in [0.5, 0.6) is 11.5 Å². The van der Waals surface area contributed by atoms with Gasteiger partial charge in [0.15, 0.2) is 18.0 Å². The van der Waals surface area contributed by atoms with E-state index in [-0.39, 0.29) is 11.9 Å². The van der Waals surface area contributed by atoms with Crippen LogP contribution in [0.1, 0.15) is 36.6 Å². The first-order valence-corrected chi connectivity index (χ1v) is 9.94. The van der Waals surface area contributed by atoms with Gasteiger partial charge in [0.2, 0.25) is 0 Å². The molecule has 5 heteroatoms. The number of fused-ring (bicyclic) bond motifs is 1. The first kappa shape index (κ1) is 20.2. The Kier molecular flexibility index (Phi) is 6.57. The number of quaternary nitrogens is 1. The standard InChI is InChI=1S/C23H30N2O3/c1-16(2)14-24-22(26)15-25-11-10-18-12-20(27-3)21(28-4)13-19(18)23(25)17-8-6-5-7-9-17/h5-9,12-13,16,23H,10-11,14-15H2,1-4H3,(H,24,26)/p+1/t23-/m0/s1. The molecule has 2 N–H and O–H groups in total. The van der Waals surface area contributed by atoms with Gasteiger partial charge in [-0.25, -0.2) is 0 Å². The van der Waals surface area contributed by atoms with Crippen LogP contribution >= 0.6 is 0 Å². The molecule has 150 valence electrons. The summed E-state index contributed by atoms with van der Waals surface area (Å²) in [6.45, 7) is 6.29. The molecule has 2 aromatic carbocycles. The maximum atomic E-state index is 12.6. The maximum Gasteiger partial charge on any atom is 0.275 e. The average molecular weight is 384 g/mol. The van der Waals surface area contributed by atoms with E-state index < -0.39 is 0 Å². The zero-order chi connectivity index (χ0) is 20.1. The van der Waals surface area contributed by atoms with Crippen molar-refractivity contribution in [3.8, 4) is 11.5 Å². The molecule has 2 atom stereocenters. The number of methoxy groups -OCH3 is 2. The summed E-state index contributed by atoms with van der Waals surface area (Å²) < 4.78 is 11.0. The molecule has 0 aromatic heterocycles. The van der Waals surface area contributed by atoms with Crippen LogP contribution in [0.4, 0.5) is 0 Å². The van der Waals surface area contributed by atoms with Crippen molar-refractivity contribution >= 4 is 5.91 Å². The Labute approximate surface area is 167 Å². The quantitative estimate of drug-likeness (QED) is 0.769. The molecule has 1 aliphatic rings. The topological polar surface area (TPSA) is 52.0 Å². The Morgan fingerprint density at radius 2 is 1.82 bits per heavy atom. The third-order valence-electron chi connectivity index (χ3n) is 5.31. The number of hydrogen-bond donors (Lipinski definition) is 2. The Morgan fingerprint density at radius 1 is 1.14 bits per heavy atom. The first-order valence-electron chi connectivity index (χ1n) is 9.94. The highest BCUT2D eigenvalue weighted by molar-refractivity contribution is 5.76. The van der Waals surface area contributed by atoms with Gasteiger partial charge in [-0.1, -0.05) is 44.2 Å². The van der Waals surface area contributed by atoms with E-state index in [1.54, 1.807) is 14.2 Å². The number of carbonyl (C=O) groups excluding carboxylic acids is 1. The molecule has 2 aromatic rings. The van der Waals surface area contributed by atoms with Crippen LogP contribution in [-0.4, -0.2) is 39.8 Å². The van der Waals surface area contributed by atoms with E-state index in [2.05, 4.69) is 55.6 Å². The van der Waals surface area contributed by atoms with Gasteiger partial charge in [-0.2, -0.15) is 0 Å². The van der Waals surface area contributed by atoms with Gasteiger partial charge in [0.25, 0.3) is 5.91 Å². The smallest absolute Gasteiger partial charge is 0.275 e. The minimum atomic E-state index is 0.0922. The van der Waals surface area contributed by atoms with Gasteiger partial charge in [0, 0.05) is 24.1 Å². The molecular formula is C23H31N2O3+. The van der Waals surface area contributed by atoms with E-state index in [9.17, 15) is 4.79 Å². The van der Waals surface area contributed by atoms with Crippen LogP contribution in [0.3, 0.4) is 0 Å². The van der Waals surface area contributed by atoms with E-state index >= 15 is 0 Å². The normalized spacial score (nSPS) is 18.5. The van der Waals surface area contributed by atoms with Crippen molar-refractivity contribution in [2.75, 3.05) is 33.9 Å². The van der Waals surface area contributed by atoms with Crippen molar-refractivity contribution in [2.24, 2.45) is 5.92 Å². The molecule has 0 spiro atoms. The van der Waals surface area contributed by atoms with Gasteiger partial charge in [-0.05, 0) is 23.6 Å². The third-order valence-corrected chi connectivity index (χ3v) is 5.31. The van der Waals surface area contributed by atoms with Crippen LogP contribution in [0.25, 0.3) is 0 Å². The van der Waals surface area contributed by atoms with E-state index in [0.29, 0.717) is 19.0 Å². The van der Waals surface area contributed by atoms with Crippen LogP contribution in [0, 0.1) is 5.92 Å². The number of amides is 1. The zero-order valence-electron chi connectivity index (χ0n) is 17.2. The highest BCUT2D eigenvalue weighted by Gasteiger charge is 2.34. The highest BCUT2D eigenvalue weighted by atomic mass is 16.5. The molecular weight excluding hydrogens is 352 g/mol. The molecule has 0 saturated heterocycles. The summed E-state index contributed by atoms with van der Waals surface area (Å²) in [5.41, 5.74) is 3.68. The molecule has 28 heavy (non-hydrogen) atoms. The summed E-state index contributed by atoms with van der Waals surface area (Å²) in [5.74, 6) is 2.04. The van der Waals surface area contributed by atoms with Gasteiger partial charge in [0.1, 0.15) is 6.04 Å². The van der Waals surface area contributed by atoms with Crippen LogP contribution in [0.15, 0.2) is 42.5 Å². The van der Waals surface area contributed by atoms with Crippen molar-refractivity contribution in [3.05, 3.63) is 59.2 Å². The van der Waals surface area contributed by atoms with Crippen molar-refractivity contribution in [1.29, 1.82) is 0 Å². The Balaban J connectivity index is 1.95. The van der Waals surface area contributed by atoms with Gasteiger partial charge >= 0.3 is 0 Å². The lowest BCUT2D eigenvalue weighted by Crippen LogP contribution is -3.14. The molecule has 0 fully saturated rings. The van der Waals surface area contributed by atoms with Crippen molar-refractivity contribution < 1.29 is 19.2 Å². The zero-order valence-corrected chi connectivity index (χ0v) is 17.2. The lowest BCUT2D eigenvalue weighted by atomic mass is 9.87. The minimum Gasteiger partial charge on any atom is -0.493 e. The van der Waals surface area contributed by atoms with Gasteiger partial charge in [-0.3, -0.25) is 4.79 Å². The van der Waals surface area contributed by atoms with Crippen LogP contribution < -0.4 is 19.7 Å². The molecule has 3 rings (SSSR count). The Bertz CT molecular complexity index is 805. The summed E-state index contributed by atoms with van der Waals surface area (Å²) in [6, 6.07) is 14.7. The second-order valence-corrected chi connectivity index (χ2v) is 7.78. The maximum absolute atomic E-state index is 12.6. The molecule has 0 bridgehead atoms. The van der Waals surface area contributed by atoms with Gasteiger partial charge < -0.3 is 19.7 Å². The summed E-state index contributed by atoms with van der Waals surface area (Å²) in [7, 11) is 3.33. The van der Waals surface area contributed by atoms with Crippen molar-refractivity contribution in [3.63, 3.8) is 0 Å². The van der Waals surface area contributed by atoms with Gasteiger partial charge in [0.05, 0.1) is 20.8 Å². The number of carbonyl (C=O) groups is 1. The van der Waals surface area contributed by atoms with E-state index in [1.807, 2.05) is 6.07 Å². The Morgan fingerprint density at radius 3 is 2.46 bits per heavy atom. The van der Waals surface area contributed by atoms with Crippen LogP contribution in [0.2, 0.25) is 0 Å². The Hall–Kier alpha value is -2.53. The summed E-state index contributed by atoms with van der Waals surface area (Å²) in [4.78, 5) is 13.8. The molecule has 1 amide bonds. The van der Waals surface area contributed by atoms with Crippen LogP contribution in [-0.2, 0) is 11.2 Å². The number of ether oxygens (including phenoxy) is 2. The number of benzene rings is 2. The molecule has 1 aliphatic heterocycles. The molecule has 0 radical (unpaired) electrons. The number of hydrogen-bond acceptors (Lipinski definition) is 3. The number of rotatable bonds is 7. The summed E-state index contributed by atoms with van der Waals surface area (Å²) >= 11 is 0. The predicted octanol–water partition coefficient (Wildman–Crippen LogP) is 2.01. The lowest BCUT2D eigenvalue weighted by molar-refractivity contribution is -0.920. The van der Waals surface area contributed by atoms with Crippen molar-refractivity contribution in [2.45, 2.75) is 26.3 Å². The second-order valence-electron chi connectivity index (χ2n) is 7.78. The fourth-order valence-electron chi connectivity index (χ4n) is 3.92.